The van der Waals surface area contributed by atoms with E-state index < -0.39 is 12.0 Å². The maximum atomic E-state index is 12.4. The van der Waals surface area contributed by atoms with E-state index in [1.54, 1.807) is 20.8 Å². The van der Waals surface area contributed by atoms with Crippen LogP contribution in [0.15, 0.2) is 17.7 Å². The van der Waals surface area contributed by atoms with Gasteiger partial charge in [0.05, 0.1) is 17.7 Å². The topological polar surface area (TPSA) is 59.3 Å². The molecule has 0 amide bonds. The Morgan fingerprint density at radius 3 is 2.43 bits per heavy atom. The van der Waals surface area contributed by atoms with Crippen molar-refractivity contribution >= 4 is 23.5 Å². The van der Waals surface area contributed by atoms with E-state index in [0.717, 1.165) is 0 Å². The summed E-state index contributed by atoms with van der Waals surface area (Å²) in [6.07, 6.45) is 1.33. The van der Waals surface area contributed by atoms with Gasteiger partial charge in [-0.05, 0) is 23.8 Å². The Kier molecular flexibility index (Phi) is 6.11. The van der Waals surface area contributed by atoms with E-state index in [1.165, 1.54) is 25.3 Å². The summed E-state index contributed by atoms with van der Waals surface area (Å²) in [5, 5.41) is 9.05. The average Bonchev–Trinajstić information content (AvgIpc) is 2.45. The van der Waals surface area contributed by atoms with Gasteiger partial charge in [0.15, 0.2) is 17.3 Å². The first-order valence-electron chi connectivity index (χ1n) is 6.59. The summed E-state index contributed by atoms with van der Waals surface area (Å²) in [5.74, 6) is -0.672. The van der Waals surface area contributed by atoms with Crippen molar-refractivity contribution < 1.29 is 23.0 Å². The molecule has 0 atom stereocenters. The van der Waals surface area contributed by atoms with Gasteiger partial charge in [-0.15, -0.1) is 0 Å². The van der Waals surface area contributed by atoms with Gasteiger partial charge in [-0.25, -0.2) is 0 Å². The fraction of sp³-hybridized carbons (Fsp3) is 0.375. The van der Waals surface area contributed by atoms with Gasteiger partial charge in [0.25, 0.3) is 0 Å². The number of hydrogen-bond donors (Lipinski definition) is 0. The molecule has 0 aliphatic heterocycles. The number of carbonyl (C=O) groups is 1. The number of alkyl halides is 2. The number of nitriles is 1. The van der Waals surface area contributed by atoms with Gasteiger partial charge in [0.2, 0.25) is 0 Å². The molecular weight excluding hydrogens is 328 g/mol. The zero-order valence-electron chi connectivity index (χ0n) is 13.1. The zero-order valence-corrected chi connectivity index (χ0v) is 13.9. The first-order valence-corrected chi connectivity index (χ1v) is 6.97. The Bertz CT molecular complexity index is 673. The van der Waals surface area contributed by atoms with E-state index >= 15 is 0 Å². The maximum Gasteiger partial charge on any atom is 0.387 e. The molecule has 0 spiro atoms. The van der Waals surface area contributed by atoms with E-state index in [-0.39, 0.29) is 27.9 Å². The van der Waals surface area contributed by atoms with Crippen LogP contribution in [0.5, 0.6) is 11.5 Å². The van der Waals surface area contributed by atoms with E-state index in [0.29, 0.717) is 5.56 Å². The molecule has 124 valence electrons. The van der Waals surface area contributed by atoms with Crippen molar-refractivity contribution in [3.8, 4) is 17.6 Å². The molecule has 0 unspecified atom stereocenters. The lowest BCUT2D eigenvalue weighted by molar-refractivity contribution is -0.121. The quantitative estimate of drug-likeness (QED) is 0.584. The van der Waals surface area contributed by atoms with Crippen molar-refractivity contribution in [3.63, 3.8) is 0 Å². The fourth-order valence-corrected chi connectivity index (χ4v) is 2.01. The first kappa shape index (κ1) is 18.9. The van der Waals surface area contributed by atoms with Crippen LogP contribution in [-0.4, -0.2) is 19.5 Å². The van der Waals surface area contributed by atoms with Crippen LogP contribution < -0.4 is 9.47 Å². The third-order valence-corrected chi connectivity index (χ3v) is 3.10. The summed E-state index contributed by atoms with van der Waals surface area (Å²) >= 11 is 5.92. The molecule has 0 bridgehead atoms. The van der Waals surface area contributed by atoms with Gasteiger partial charge in [-0.3, -0.25) is 4.79 Å². The first-order chi connectivity index (χ1) is 10.6. The second-order valence-corrected chi connectivity index (χ2v) is 6.07. The molecular formula is C16H16ClF2NO3. The van der Waals surface area contributed by atoms with Crippen molar-refractivity contribution in [1.29, 1.82) is 5.26 Å². The summed E-state index contributed by atoms with van der Waals surface area (Å²) in [5.41, 5.74) is -0.436. The van der Waals surface area contributed by atoms with Crippen LogP contribution in [0, 0.1) is 16.7 Å². The zero-order chi connectivity index (χ0) is 17.8. The Balaban J connectivity index is 3.34. The molecule has 23 heavy (non-hydrogen) atoms. The molecule has 0 N–H and O–H groups in total. The maximum absolute atomic E-state index is 12.4. The van der Waals surface area contributed by atoms with Crippen LogP contribution in [0.1, 0.15) is 26.3 Å². The van der Waals surface area contributed by atoms with Crippen molar-refractivity contribution in [3.05, 3.63) is 28.3 Å². The van der Waals surface area contributed by atoms with Crippen molar-refractivity contribution in [2.75, 3.05) is 7.11 Å². The molecule has 0 saturated carbocycles. The van der Waals surface area contributed by atoms with Crippen LogP contribution in [-0.2, 0) is 4.79 Å². The fourth-order valence-electron chi connectivity index (χ4n) is 1.75. The number of benzene rings is 1. The number of nitrogens with zero attached hydrogens (tertiary/aromatic N) is 1. The van der Waals surface area contributed by atoms with Crippen LogP contribution in [0.3, 0.4) is 0 Å². The summed E-state index contributed by atoms with van der Waals surface area (Å²) in [7, 11) is 1.27. The number of halogens is 3. The number of allylic oxidation sites excluding steroid dienone is 1. The van der Waals surface area contributed by atoms with Crippen molar-refractivity contribution in [1.82, 2.24) is 0 Å². The molecule has 0 radical (unpaired) electrons. The normalized spacial score (nSPS) is 12.0. The molecule has 0 heterocycles. The van der Waals surface area contributed by atoms with Gasteiger partial charge in [-0.2, -0.15) is 14.0 Å². The highest BCUT2D eigenvalue weighted by molar-refractivity contribution is 6.32. The SMILES string of the molecule is COc1cc(/C=C(\C#N)C(=O)C(C)(C)C)cc(Cl)c1OC(F)F. The minimum Gasteiger partial charge on any atom is -0.493 e. The molecule has 0 aliphatic carbocycles. The van der Waals surface area contributed by atoms with Gasteiger partial charge < -0.3 is 9.47 Å². The predicted molar refractivity (Wildman–Crippen MR) is 82.7 cm³/mol. The van der Waals surface area contributed by atoms with Crippen molar-refractivity contribution in [2.45, 2.75) is 27.4 Å². The molecule has 0 aliphatic rings. The molecule has 7 heteroatoms. The lowest BCUT2D eigenvalue weighted by Crippen LogP contribution is -2.21. The molecule has 1 aromatic carbocycles. The number of ether oxygens (including phenoxy) is 2. The highest BCUT2D eigenvalue weighted by atomic mass is 35.5. The summed E-state index contributed by atoms with van der Waals surface area (Å²) in [6.45, 7) is 2.01. The van der Waals surface area contributed by atoms with Crippen LogP contribution in [0.25, 0.3) is 6.08 Å². The highest BCUT2D eigenvalue weighted by Gasteiger charge is 2.25. The Hall–Kier alpha value is -2.13. The second-order valence-electron chi connectivity index (χ2n) is 5.66. The lowest BCUT2D eigenvalue weighted by Gasteiger charge is -2.16. The molecule has 0 saturated heterocycles. The van der Waals surface area contributed by atoms with Crippen LogP contribution in [0.4, 0.5) is 8.78 Å². The van der Waals surface area contributed by atoms with Gasteiger partial charge in [-0.1, -0.05) is 32.4 Å². The largest absolute Gasteiger partial charge is 0.493 e. The molecule has 0 aromatic heterocycles. The number of ketones is 1. The summed E-state index contributed by atoms with van der Waals surface area (Å²) in [4.78, 5) is 12.2. The van der Waals surface area contributed by atoms with Gasteiger partial charge >= 0.3 is 6.61 Å². The minimum atomic E-state index is -3.06. The number of rotatable bonds is 5. The number of hydrogen-bond acceptors (Lipinski definition) is 4. The number of Topliss-reactive ketones (excluding diaryl/α,β-unsaturated/α-hetero) is 1. The number of carbonyl (C=O) groups excluding carboxylic acids is 1. The Morgan fingerprint density at radius 1 is 1.39 bits per heavy atom. The Labute approximate surface area is 138 Å². The van der Waals surface area contributed by atoms with E-state index in [4.69, 9.17) is 21.6 Å². The monoisotopic (exact) mass is 343 g/mol. The molecule has 1 aromatic rings. The second kappa shape index (κ2) is 7.42. The molecule has 4 nitrogen and oxygen atoms in total. The Morgan fingerprint density at radius 2 is 2.00 bits per heavy atom. The predicted octanol–water partition coefficient (Wildman–Crippen LogP) is 4.47. The third-order valence-electron chi connectivity index (χ3n) is 2.82. The summed E-state index contributed by atoms with van der Waals surface area (Å²) < 4.78 is 34.0. The third kappa shape index (κ3) is 4.93. The van der Waals surface area contributed by atoms with Crippen LogP contribution in [0.2, 0.25) is 5.02 Å². The minimum absolute atomic E-state index is 0.0236. The van der Waals surface area contributed by atoms with Gasteiger partial charge in [0, 0.05) is 5.41 Å². The highest BCUT2D eigenvalue weighted by Crippen LogP contribution is 2.38. The summed E-state index contributed by atoms with van der Waals surface area (Å²) in [6, 6.07) is 4.51. The number of methoxy groups -OCH3 is 1. The van der Waals surface area contributed by atoms with Crippen molar-refractivity contribution in [2.24, 2.45) is 5.41 Å². The van der Waals surface area contributed by atoms with Crippen LogP contribution >= 0.6 is 11.6 Å². The molecule has 1 rings (SSSR count). The molecule has 0 fully saturated rings. The average molecular weight is 344 g/mol. The van der Waals surface area contributed by atoms with E-state index in [2.05, 4.69) is 4.74 Å². The smallest absolute Gasteiger partial charge is 0.387 e. The van der Waals surface area contributed by atoms with E-state index in [9.17, 15) is 13.6 Å². The van der Waals surface area contributed by atoms with Gasteiger partial charge in [0.1, 0.15) is 6.07 Å². The van der Waals surface area contributed by atoms with E-state index in [1.807, 2.05) is 6.07 Å². The standard InChI is InChI=1S/C16H16ClF2NO3/c1-16(2,3)14(21)10(8-20)5-9-6-11(17)13(23-15(18)19)12(7-9)22-4/h5-7,15H,1-4H3/b10-5+. The lowest BCUT2D eigenvalue weighted by atomic mass is 9.86.